The first-order valence-corrected chi connectivity index (χ1v) is 5.89. The van der Waals surface area contributed by atoms with E-state index < -0.39 is 0 Å². The van der Waals surface area contributed by atoms with Crippen LogP contribution in [0.5, 0.6) is 0 Å². The van der Waals surface area contributed by atoms with Crippen LogP contribution >= 0.6 is 0 Å². The van der Waals surface area contributed by atoms with Gasteiger partial charge in [0.05, 0.1) is 11.7 Å². The molecule has 2 amide bonds. The van der Waals surface area contributed by atoms with E-state index in [1.807, 2.05) is 20.9 Å². The van der Waals surface area contributed by atoms with Gasteiger partial charge >= 0.3 is 6.03 Å². The summed E-state index contributed by atoms with van der Waals surface area (Å²) >= 11 is 0. The van der Waals surface area contributed by atoms with Gasteiger partial charge < -0.3 is 9.88 Å². The summed E-state index contributed by atoms with van der Waals surface area (Å²) < 4.78 is 3.38. The van der Waals surface area contributed by atoms with Gasteiger partial charge in [-0.05, 0) is 13.8 Å². The predicted octanol–water partition coefficient (Wildman–Crippen LogP) is 0.740. The summed E-state index contributed by atoms with van der Waals surface area (Å²) in [6, 6.07) is 1.26. The summed E-state index contributed by atoms with van der Waals surface area (Å²) in [7, 11) is 3.60. The van der Waals surface area contributed by atoms with E-state index in [1.165, 1.54) is 0 Å². The number of nitrogens with zero attached hydrogens (tertiary/aromatic N) is 5. The number of carbonyl (C=O) groups is 1. The maximum Gasteiger partial charge on any atom is 0.320 e. The highest BCUT2D eigenvalue weighted by molar-refractivity contribution is 5.88. The third-order valence-corrected chi connectivity index (χ3v) is 2.72. The minimum Gasteiger partial charge on any atom is -0.328 e. The molecule has 2 rings (SSSR count). The number of hydrogen-bond donors (Lipinski definition) is 2. The smallest absolute Gasteiger partial charge is 0.320 e. The molecule has 0 radical (unpaired) electrons. The van der Waals surface area contributed by atoms with Crippen LogP contribution in [0.3, 0.4) is 0 Å². The summed E-state index contributed by atoms with van der Waals surface area (Å²) in [4.78, 5) is 11.9. The number of urea groups is 1. The minimum atomic E-state index is -0.307. The molecule has 0 aliphatic carbocycles. The Bertz CT molecular complexity index is 586. The summed E-state index contributed by atoms with van der Waals surface area (Å²) in [6.07, 6.45) is 1.59. The molecule has 2 aromatic heterocycles. The molecule has 1 unspecified atom stereocenters. The van der Waals surface area contributed by atoms with E-state index in [2.05, 4.69) is 25.9 Å². The second-order valence-corrected chi connectivity index (χ2v) is 4.41. The SMILES string of the molecule is Cc1cc(NC(=O)NC(C)c2nncn2C)n(C)n1. The van der Waals surface area contributed by atoms with E-state index in [-0.39, 0.29) is 12.1 Å². The van der Waals surface area contributed by atoms with Crippen molar-refractivity contribution in [2.75, 3.05) is 5.32 Å². The Kier molecular flexibility index (Phi) is 3.50. The fraction of sp³-hybridized carbons (Fsp3) is 0.455. The van der Waals surface area contributed by atoms with Crippen LogP contribution in [0, 0.1) is 6.92 Å². The van der Waals surface area contributed by atoms with E-state index in [4.69, 9.17) is 0 Å². The van der Waals surface area contributed by atoms with Crippen molar-refractivity contribution in [3.8, 4) is 0 Å². The number of aryl methyl sites for hydroxylation is 3. The van der Waals surface area contributed by atoms with Crippen molar-refractivity contribution in [1.29, 1.82) is 0 Å². The van der Waals surface area contributed by atoms with E-state index in [0.717, 1.165) is 5.69 Å². The topological polar surface area (TPSA) is 89.7 Å². The van der Waals surface area contributed by atoms with Gasteiger partial charge in [-0.2, -0.15) is 5.10 Å². The average Bonchev–Trinajstić information content (AvgIpc) is 2.85. The standard InChI is InChI=1S/C11H17N7O/c1-7-5-9(18(4)16-7)14-11(19)13-8(2)10-15-12-6-17(10)3/h5-6,8H,1-4H3,(H2,13,14,19). The molecule has 0 fully saturated rings. The third-order valence-electron chi connectivity index (χ3n) is 2.72. The fourth-order valence-electron chi connectivity index (χ4n) is 1.83. The molecule has 1 atom stereocenters. The van der Waals surface area contributed by atoms with E-state index in [0.29, 0.717) is 11.6 Å². The molecular formula is C11H17N7O. The molecular weight excluding hydrogens is 246 g/mol. The molecule has 0 bridgehead atoms. The maximum absolute atomic E-state index is 11.9. The number of nitrogens with one attached hydrogen (secondary N) is 2. The zero-order valence-electron chi connectivity index (χ0n) is 11.4. The van der Waals surface area contributed by atoms with E-state index >= 15 is 0 Å². The molecule has 0 spiro atoms. The fourth-order valence-corrected chi connectivity index (χ4v) is 1.83. The second kappa shape index (κ2) is 5.09. The lowest BCUT2D eigenvalue weighted by atomic mass is 10.3. The molecule has 19 heavy (non-hydrogen) atoms. The quantitative estimate of drug-likeness (QED) is 0.854. The Morgan fingerprint density at radius 3 is 2.68 bits per heavy atom. The molecule has 102 valence electrons. The lowest BCUT2D eigenvalue weighted by Crippen LogP contribution is -2.33. The van der Waals surface area contributed by atoms with Crippen molar-refractivity contribution in [3.63, 3.8) is 0 Å². The van der Waals surface area contributed by atoms with Crippen molar-refractivity contribution >= 4 is 11.8 Å². The first kappa shape index (κ1) is 13.1. The number of hydrogen-bond acceptors (Lipinski definition) is 4. The van der Waals surface area contributed by atoms with Gasteiger partial charge in [-0.15, -0.1) is 10.2 Å². The minimum absolute atomic E-state index is 0.234. The highest BCUT2D eigenvalue weighted by Gasteiger charge is 2.15. The van der Waals surface area contributed by atoms with Gasteiger partial charge in [0.2, 0.25) is 0 Å². The first-order chi connectivity index (χ1) is 8.97. The van der Waals surface area contributed by atoms with Crippen LogP contribution < -0.4 is 10.6 Å². The first-order valence-electron chi connectivity index (χ1n) is 5.89. The summed E-state index contributed by atoms with van der Waals surface area (Å²) in [6.45, 7) is 3.71. The van der Waals surface area contributed by atoms with Gasteiger partial charge in [0.1, 0.15) is 12.1 Å². The highest BCUT2D eigenvalue weighted by atomic mass is 16.2. The van der Waals surface area contributed by atoms with Crippen LogP contribution in [0.1, 0.15) is 24.5 Å². The normalized spacial score (nSPS) is 12.2. The Labute approximate surface area is 110 Å². The summed E-state index contributed by atoms with van der Waals surface area (Å²) in [5.41, 5.74) is 0.846. The van der Waals surface area contributed by atoms with Crippen LogP contribution in [-0.2, 0) is 14.1 Å². The van der Waals surface area contributed by atoms with Crippen LogP contribution in [-0.4, -0.2) is 30.6 Å². The number of aromatic nitrogens is 5. The molecule has 2 heterocycles. The molecule has 2 aromatic rings. The monoisotopic (exact) mass is 263 g/mol. The maximum atomic E-state index is 11.9. The number of amides is 2. The van der Waals surface area contributed by atoms with Crippen molar-refractivity contribution in [1.82, 2.24) is 29.9 Å². The highest BCUT2D eigenvalue weighted by Crippen LogP contribution is 2.10. The van der Waals surface area contributed by atoms with E-state index in [1.54, 1.807) is 28.7 Å². The van der Waals surface area contributed by atoms with Crippen LogP contribution in [0.4, 0.5) is 10.6 Å². The zero-order valence-corrected chi connectivity index (χ0v) is 11.4. The van der Waals surface area contributed by atoms with Crippen molar-refractivity contribution in [2.45, 2.75) is 19.9 Å². The number of rotatable bonds is 3. The number of carbonyl (C=O) groups excluding carboxylic acids is 1. The molecule has 0 aliphatic rings. The van der Waals surface area contributed by atoms with Gasteiger partial charge in [0.25, 0.3) is 0 Å². The largest absolute Gasteiger partial charge is 0.328 e. The summed E-state index contributed by atoms with van der Waals surface area (Å²) in [5, 5.41) is 17.4. The lowest BCUT2D eigenvalue weighted by Gasteiger charge is -2.13. The third kappa shape index (κ3) is 2.90. The van der Waals surface area contributed by atoms with E-state index in [9.17, 15) is 4.79 Å². The predicted molar refractivity (Wildman–Crippen MR) is 69.5 cm³/mol. The second-order valence-electron chi connectivity index (χ2n) is 4.41. The molecule has 0 aromatic carbocycles. The molecule has 0 saturated heterocycles. The Morgan fingerprint density at radius 2 is 2.16 bits per heavy atom. The number of anilines is 1. The zero-order chi connectivity index (χ0) is 14.0. The van der Waals surface area contributed by atoms with Crippen molar-refractivity contribution in [2.24, 2.45) is 14.1 Å². The molecule has 0 saturated carbocycles. The van der Waals surface area contributed by atoms with Crippen LogP contribution in [0.15, 0.2) is 12.4 Å². The van der Waals surface area contributed by atoms with Gasteiger partial charge in [0, 0.05) is 20.2 Å². The van der Waals surface area contributed by atoms with Gasteiger partial charge in [-0.3, -0.25) is 10.00 Å². The molecule has 8 nitrogen and oxygen atoms in total. The Morgan fingerprint density at radius 1 is 1.42 bits per heavy atom. The summed E-state index contributed by atoms with van der Waals surface area (Å²) in [5.74, 6) is 1.33. The van der Waals surface area contributed by atoms with Gasteiger partial charge in [-0.1, -0.05) is 0 Å². The molecule has 0 aliphatic heterocycles. The van der Waals surface area contributed by atoms with Crippen molar-refractivity contribution in [3.05, 3.63) is 23.9 Å². The van der Waals surface area contributed by atoms with Crippen LogP contribution in [0.2, 0.25) is 0 Å². The Balaban J connectivity index is 1.98. The molecule has 2 N–H and O–H groups in total. The molecule has 8 heteroatoms. The van der Waals surface area contributed by atoms with Crippen LogP contribution in [0.25, 0.3) is 0 Å². The van der Waals surface area contributed by atoms with Gasteiger partial charge in [0.15, 0.2) is 5.82 Å². The average molecular weight is 263 g/mol. The lowest BCUT2D eigenvalue weighted by molar-refractivity contribution is 0.248. The van der Waals surface area contributed by atoms with Gasteiger partial charge in [-0.25, -0.2) is 4.79 Å². The Hall–Kier alpha value is -2.38. The van der Waals surface area contributed by atoms with Crippen molar-refractivity contribution < 1.29 is 4.79 Å².